The van der Waals surface area contributed by atoms with E-state index in [0.717, 1.165) is 42.2 Å². The molecule has 2 aliphatic rings. The third kappa shape index (κ3) is 5.67. The molecule has 0 radical (unpaired) electrons. The van der Waals surface area contributed by atoms with E-state index in [2.05, 4.69) is 17.0 Å². The van der Waals surface area contributed by atoms with Crippen molar-refractivity contribution in [1.29, 1.82) is 0 Å². The summed E-state index contributed by atoms with van der Waals surface area (Å²) < 4.78 is 11.5. The van der Waals surface area contributed by atoms with Gasteiger partial charge in [-0.05, 0) is 60.9 Å². The lowest BCUT2D eigenvalue weighted by atomic mass is 10.1. The van der Waals surface area contributed by atoms with Gasteiger partial charge in [0.15, 0.2) is 5.17 Å². The summed E-state index contributed by atoms with van der Waals surface area (Å²) in [6, 6.07) is 23.9. The highest BCUT2D eigenvalue weighted by Crippen LogP contribution is 2.40. The summed E-state index contributed by atoms with van der Waals surface area (Å²) in [6.07, 6.45) is 4.98. The van der Waals surface area contributed by atoms with Crippen molar-refractivity contribution < 1.29 is 14.3 Å². The molecule has 0 saturated carbocycles. The van der Waals surface area contributed by atoms with Crippen LogP contribution < -0.4 is 14.4 Å². The minimum Gasteiger partial charge on any atom is -0.496 e. The van der Waals surface area contributed by atoms with E-state index >= 15 is 0 Å². The van der Waals surface area contributed by atoms with E-state index < -0.39 is 0 Å². The van der Waals surface area contributed by atoms with E-state index in [9.17, 15) is 4.79 Å². The van der Waals surface area contributed by atoms with Crippen LogP contribution in [0.3, 0.4) is 0 Å². The fourth-order valence-corrected chi connectivity index (χ4v) is 5.67. The molecule has 2 fully saturated rings. The summed E-state index contributed by atoms with van der Waals surface area (Å²) in [4.78, 5) is 23.2. The highest BCUT2D eigenvalue weighted by Gasteiger charge is 2.33. The summed E-state index contributed by atoms with van der Waals surface area (Å²) >= 11 is 1.39. The maximum absolute atomic E-state index is 13.6. The van der Waals surface area contributed by atoms with Crippen LogP contribution >= 0.6 is 11.8 Å². The van der Waals surface area contributed by atoms with E-state index in [1.165, 1.54) is 30.2 Å². The minimum atomic E-state index is -0.0553. The number of amidine groups is 1. The van der Waals surface area contributed by atoms with Crippen LogP contribution in [0.1, 0.15) is 24.0 Å². The number of amides is 1. The second kappa shape index (κ2) is 11.6. The largest absolute Gasteiger partial charge is 0.496 e. The van der Waals surface area contributed by atoms with Crippen molar-refractivity contribution in [3.8, 4) is 11.5 Å². The van der Waals surface area contributed by atoms with Gasteiger partial charge in [0.25, 0.3) is 5.91 Å². The maximum Gasteiger partial charge on any atom is 0.266 e. The van der Waals surface area contributed by atoms with Crippen LogP contribution in [-0.2, 0) is 11.2 Å². The predicted molar refractivity (Wildman–Crippen MR) is 152 cm³/mol. The summed E-state index contributed by atoms with van der Waals surface area (Å²) in [5.74, 6) is 1.44. The van der Waals surface area contributed by atoms with Crippen LogP contribution in [0.15, 0.2) is 82.7 Å². The molecule has 190 valence electrons. The molecular weight excluding hydrogens is 482 g/mol. The SMILES string of the molecule is COc1cc(N2CCCC2)c(OC)cc1/C=C1\SC(=Nc2ccccc2)N(CCc2ccccc2)C1=O. The normalized spacial score (nSPS) is 17.7. The van der Waals surface area contributed by atoms with Gasteiger partial charge in [0.05, 0.1) is 30.5 Å². The zero-order valence-corrected chi connectivity index (χ0v) is 22.0. The number of hydrogen-bond acceptors (Lipinski definition) is 6. The number of anilines is 1. The van der Waals surface area contributed by atoms with Crippen molar-refractivity contribution in [1.82, 2.24) is 4.90 Å². The number of hydrogen-bond donors (Lipinski definition) is 0. The molecular formula is C30H31N3O3S. The third-order valence-electron chi connectivity index (χ3n) is 6.60. The van der Waals surface area contributed by atoms with E-state index in [1.54, 1.807) is 19.1 Å². The number of thioether (sulfide) groups is 1. The molecule has 0 bridgehead atoms. The summed E-state index contributed by atoms with van der Waals surface area (Å²) in [5.41, 5.74) is 3.83. The summed E-state index contributed by atoms with van der Waals surface area (Å²) in [7, 11) is 3.35. The molecule has 6 nitrogen and oxygen atoms in total. The standard InChI is InChI=1S/C30H31N3O3S/c1-35-26-21-25(32-16-9-10-17-32)27(36-2)19-23(26)20-28-29(34)33(18-15-22-11-5-3-6-12-22)30(37-28)31-24-13-7-4-8-14-24/h3-8,11-14,19-21H,9-10,15-18H2,1-2H3/b28-20-,31-30?. The highest BCUT2D eigenvalue weighted by atomic mass is 32.2. The molecule has 0 N–H and O–H groups in total. The first kappa shape index (κ1) is 25.0. The number of rotatable bonds is 8. The predicted octanol–water partition coefficient (Wildman–Crippen LogP) is 6.15. The maximum atomic E-state index is 13.6. The Balaban J connectivity index is 1.48. The minimum absolute atomic E-state index is 0.0553. The first-order chi connectivity index (χ1) is 18.2. The van der Waals surface area contributed by atoms with Crippen LogP contribution in [0, 0.1) is 0 Å². The van der Waals surface area contributed by atoms with Crippen molar-refractivity contribution in [2.45, 2.75) is 19.3 Å². The Hall–Kier alpha value is -3.71. The van der Waals surface area contributed by atoms with Crippen molar-refractivity contribution in [2.24, 2.45) is 4.99 Å². The Morgan fingerprint density at radius 3 is 2.27 bits per heavy atom. The Morgan fingerprint density at radius 2 is 1.59 bits per heavy atom. The average Bonchev–Trinajstić information content (AvgIpc) is 3.57. The van der Waals surface area contributed by atoms with E-state index in [0.29, 0.717) is 22.4 Å². The molecule has 1 amide bonds. The fourth-order valence-electron chi connectivity index (χ4n) is 4.65. The molecule has 2 aliphatic heterocycles. The fraction of sp³-hybridized carbons (Fsp3) is 0.267. The van der Waals surface area contributed by atoms with Gasteiger partial charge in [-0.2, -0.15) is 0 Å². The van der Waals surface area contributed by atoms with Gasteiger partial charge < -0.3 is 14.4 Å². The van der Waals surface area contributed by atoms with Crippen LogP contribution in [0.25, 0.3) is 6.08 Å². The van der Waals surface area contributed by atoms with Gasteiger partial charge in [-0.15, -0.1) is 0 Å². The number of aliphatic imine (C=N–C) groups is 1. The number of benzene rings is 3. The third-order valence-corrected chi connectivity index (χ3v) is 7.61. The number of carbonyl (C=O) groups is 1. The Morgan fingerprint density at radius 1 is 0.919 bits per heavy atom. The van der Waals surface area contributed by atoms with Crippen molar-refractivity contribution in [3.05, 3.63) is 88.8 Å². The molecule has 5 rings (SSSR count). The quantitative estimate of drug-likeness (QED) is 0.338. The van der Waals surface area contributed by atoms with Crippen molar-refractivity contribution >= 4 is 40.3 Å². The molecule has 0 aliphatic carbocycles. The van der Waals surface area contributed by atoms with E-state index in [4.69, 9.17) is 14.5 Å². The van der Waals surface area contributed by atoms with Crippen LogP contribution in [0.5, 0.6) is 11.5 Å². The smallest absolute Gasteiger partial charge is 0.266 e. The Labute approximate surface area is 222 Å². The lowest BCUT2D eigenvalue weighted by Crippen LogP contribution is -2.31. The van der Waals surface area contributed by atoms with Crippen molar-refractivity contribution in [2.75, 3.05) is 38.8 Å². The molecule has 0 spiro atoms. The Bertz CT molecular complexity index is 1300. The zero-order chi connectivity index (χ0) is 25.6. The molecule has 37 heavy (non-hydrogen) atoms. The number of para-hydroxylation sites is 1. The monoisotopic (exact) mass is 513 g/mol. The first-order valence-corrected chi connectivity index (χ1v) is 13.4. The second-order valence-corrected chi connectivity index (χ2v) is 10.0. The van der Waals surface area contributed by atoms with Crippen LogP contribution in [0.2, 0.25) is 0 Å². The molecule has 7 heteroatoms. The van der Waals surface area contributed by atoms with Gasteiger partial charge in [-0.1, -0.05) is 48.5 Å². The Kier molecular flexibility index (Phi) is 7.80. The molecule has 0 unspecified atom stereocenters. The van der Waals surface area contributed by atoms with Crippen LogP contribution in [0.4, 0.5) is 11.4 Å². The molecule has 3 aromatic rings. The van der Waals surface area contributed by atoms with Crippen LogP contribution in [-0.4, -0.2) is 49.8 Å². The number of nitrogens with zero attached hydrogens (tertiary/aromatic N) is 3. The zero-order valence-electron chi connectivity index (χ0n) is 21.2. The van der Waals surface area contributed by atoms with Gasteiger partial charge in [-0.3, -0.25) is 9.69 Å². The van der Waals surface area contributed by atoms with Crippen molar-refractivity contribution in [3.63, 3.8) is 0 Å². The van der Waals surface area contributed by atoms with E-state index in [1.807, 2.05) is 66.7 Å². The second-order valence-electron chi connectivity index (χ2n) is 8.99. The lowest BCUT2D eigenvalue weighted by molar-refractivity contribution is -0.122. The summed E-state index contributed by atoms with van der Waals surface area (Å²) in [6.45, 7) is 2.56. The molecule has 3 aromatic carbocycles. The molecule has 2 heterocycles. The van der Waals surface area contributed by atoms with Gasteiger partial charge in [0.1, 0.15) is 11.5 Å². The summed E-state index contributed by atoms with van der Waals surface area (Å²) in [5, 5.41) is 0.679. The molecule has 0 aromatic heterocycles. The highest BCUT2D eigenvalue weighted by molar-refractivity contribution is 8.18. The van der Waals surface area contributed by atoms with Gasteiger partial charge >= 0.3 is 0 Å². The lowest BCUT2D eigenvalue weighted by Gasteiger charge is -2.22. The van der Waals surface area contributed by atoms with Gasteiger partial charge in [0.2, 0.25) is 0 Å². The average molecular weight is 514 g/mol. The van der Waals surface area contributed by atoms with Gasteiger partial charge in [-0.25, -0.2) is 4.99 Å². The number of ether oxygens (including phenoxy) is 2. The van der Waals surface area contributed by atoms with Gasteiger partial charge in [0, 0.05) is 31.3 Å². The number of carbonyl (C=O) groups excluding carboxylic acids is 1. The number of methoxy groups -OCH3 is 2. The van der Waals surface area contributed by atoms with E-state index in [-0.39, 0.29) is 5.91 Å². The molecule has 2 saturated heterocycles. The topological polar surface area (TPSA) is 54.4 Å². The first-order valence-electron chi connectivity index (χ1n) is 12.6. The molecule has 0 atom stereocenters.